The quantitative estimate of drug-likeness (QED) is 0.756. The van der Waals surface area contributed by atoms with Gasteiger partial charge in [-0.15, -0.1) is 0 Å². The van der Waals surface area contributed by atoms with Crippen LogP contribution in [-0.4, -0.2) is 28.5 Å². The molecule has 7 nitrogen and oxygen atoms in total. The van der Waals surface area contributed by atoms with Gasteiger partial charge < -0.3 is 14.7 Å². The minimum Gasteiger partial charge on any atom is -0.361 e. The highest BCUT2D eigenvalue weighted by atomic mass is 16.5. The van der Waals surface area contributed by atoms with Crippen molar-refractivity contribution in [1.82, 2.24) is 10.1 Å². The van der Waals surface area contributed by atoms with Crippen LogP contribution in [0.3, 0.4) is 0 Å². The van der Waals surface area contributed by atoms with Crippen LogP contribution in [-0.2, 0) is 17.6 Å². The maximum Gasteiger partial charge on any atom is 0.259 e. The molecule has 3 heterocycles. The second-order valence-electron chi connectivity index (χ2n) is 6.80. The number of aryl methyl sites for hydroxylation is 2. The molecule has 1 aliphatic heterocycles. The van der Waals surface area contributed by atoms with E-state index < -0.39 is 0 Å². The van der Waals surface area contributed by atoms with E-state index in [0.29, 0.717) is 29.2 Å². The lowest BCUT2D eigenvalue weighted by molar-refractivity contribution is -0.115. The SMILES string of the molecule is Cc1cc(CC(=O)Nc2ccc3c(c2)CCCN3C(=O)c2cccnc2)no1. The Bertz CT molecular complexity index is 1010. The van der Waals surface area contributed by atoms with E-state index in [4.69, 9.17) is 4.52 Å². The minimum atomic E-state index is -0.160. The summed E-state index contributed by atoms with van der Waals surface area (Å²) in [5, 5.41) is 6.73. The Balaban J connectivity index is 1.50. The summed E-state index contributed by atoms with van der Waals surface area (Å²) >= 11 is 0. The van der Waals surface area contributed by atoms with Gasteiger partial charge in [0, 0.05) is 36.4 Å². The third-order valence-electron chi connectivity index (χ3n) is 4.65. The first-order valence-electron chi connectivity index (χ1n) is 9.17. The third-order valence-corrected chi connectivity index (χ3v) is 4.65. The molecule has 1 aromatic carbocycles. The molecule has 0 spiro atoms. The van der Waals surface area contributed by atoms with Crippen LogP contribution in [0.4, 0.5) is 11.4 Å². The molecule has 1 aliphatic rings. The van der Waals surface area contributed by atoms with Crippen molar-refractivity contribution in [3.8, 4) is 0 Å². The predicted octanol–water partition coefficient (Wildman–Crippen LogP) is 3.15. The first kappa shape index (κ1) is 17.9. The van der Waals surface area contributed by atoms with Crippen molar-refractivity contribution < 1.29 is 14.1 Å². The molecule has 28 heavy (non-hydrogen) atoms. The predicted molar refractivity (Wildman–Crippen MR) is 104 cm³/mol. The molecule has 142 valence electrons. The van der Waals surface area contributed by atoms with Crippen molar-refractivity contribution in [3.05, 3.63) is 71.4 Å². The van der Waals surface area contributed by atoms with Crippen LogP contribution in [0.2, 0.25) is 0 Å². The Labute approximate surface area is 162 Å². The lowest BCUT2D eigenvalue weighted by Gasteiger charge is -2.30. The van der Waals surface area contributed by atoms with Gasteiger partial charge in [-0.25, -0.2) is 0 Å². The topological polar surface area (TPSA) is 88.3 Å². The number of anilines is 2. The van der Waals surface area contributed by atoms with Gasteiger partial charge in [-0.05, 0) is 55.7 Å². The zero-order chi connectivity index (χ0) is 19.5. The lowest BCUT2D eigenvalue weighted by atomic mass is 10.00. The van der Waals surface area contributed by atoms with Crippen LogP contribution in [0.15, 0.2) is 53.3 Å². The molecule has 0 saturated heterocycles. The zero-order valence-corrected chi connectivity index (χ0v) is 15.5. The van der Waals surface area contributed by atoms with E-state index in [-0.39, 0.29) is 18.2 Å². The molecular weight excluding hydrogens is 356 g/mol. The maximum absolute atomic E-state index is 12.8. The van der Waals surface area contributed by atoms with Gasteiger partial charge in [0.15, 0.2) is 0 Å². The molecule has 2 amide bonds. The molecule has 0 saturated carbocycles. The van der Waals surface area contributed by atoms with E-state index in [1.54, 1.807) is 42.4 Å². The summed E-state index contributed by atoms with van der Waals surface area (Å²) in [6, 6.07) is 10.9. The van der Waals surface area contributed by atoms with Crippen LogP contribution in [0.1, 0.15) is 33.8 Å². The van der Waals surface area contributed by atoms with Gasteiger partial charge in [-0.2, -0.15) is 0 Å². The number of nitrogens with zero attached hydrogens (tertiary/aromatic N) is 3. The summed E-state index contributed by atoms with van der Waals surface area (Å²) in [5.41, 5.74) is 3.79. The van der Waals surface area contributed by atoms with E-state index in [0.717, 1.165) is 24.1 Å². The molecular formula is C21H20N4O3. The van der Waals surface area contributed by atoms with Crippen molar-refractivity contribution >= 4 is 23.2 Å². The number of carbonyl (C=O) groups is 2. The smallest absolute Gasteiger partial charge is 0.259 e. The lowest BCUT2D eigenvalue weighted by Crippen LogP contribution is -2.35. The van der Waals surface area contributed by atoms with Crippen molar-refractivity contribution in [3.63, 3.8) is 0 Å². The van der Waals surface area contributed by atoms with Crippen molar-refractivity contribution in [2.24, 2.45) is 0 Å². The average Bonchev–Trinajstić information content (AvgIpc) is 3.11. The Morgan fingerprint density at radius 3 is 2.89 bits per heavy atom. The van der Waals surface area contributed by atoms with Crippen molar-refractivity contribution in [2.45, 2.75) is 26.2 Å². The fourth-order valence-electron chi connectivity index (χ4n) is 3.40. The number of rotatable bonds is 4. The second kappa shape index (κ2) is 7.64. The number of nitrogens with one attached hydrogen (secondary N) is 1. The molecule has 0 bridgehead atoms. The van der Waals surface area contributed by atoms with Crippen LogP contribution in [0.25, 0.3) is 0 Å². The molecule has 1 N–H and O–H groups in total. The first-order chi connectivity index (χ1) is 13.6. The Morgan fingerprint density at radius 2 is 2.14 bits per heavy atom. The number of amides is 2. The Hall–Kier alpha value is -3.48. The number of aromatic nitrogens is 2. The summed E-state index contributed by atoms with van der Waals surface area (Å²) in [6.07, 6.45) is 5.11. The fourth-order valence-corrected chi connectivity index (χ4v) is 3.40. The van der Waals surface area contributed by atoms with Gasteiger partial charge in [0.25, 0.3) is 5.91 Å². The normalized spacial score (nSPS) is 13.1. The monoisotopic (exact) mass is 376 g/mol. The van der Waals surface area contributed by atoms with Gasteiger partial charge in [0.1, 0.15) is 5.76 Å². The van der Waals surface area contributed by atoms with Crippen LogP contribution in [0.5, 0.6) is 0 Å². The van der Waals surface area contributed by atoms with Crippen LogP contribution >= 0.6 is 0 Å². The van der Waals surface area contributed by atoms with Gasteiger partial charge in [0.2, 0.25) is 5.91 Å². The van der Waals surface area contributed by atoms with E-state index in [2.05, 4.69) is 15.5 Å². The fraction of sp³-hybridized carbons (Fsp3) is 0.238. The molecule has 4 rings (SSSR count). The number of hydrogen-bond donors (Lipinski definition) is 1. The van der Waals surface area contributed by atoms with Crippen molar-refractivity contribution in [1.29, 1.82) is 0 Å². The van der Waals surface area contributed by atoms with Gasteiger partial charge in [0.05, 0.1) is 17.7 Å². The van der Waals surface area contributed by atoms with E-state index in [1.165, 1.54) is 0 Å². The average molecular weight is 376 g/mol. The van der Waals surface area contributed by atoms with Crippen LogP contribution < -0.4 is 10.2 Å². The molecule has 0 fully saturated rings. The standard InChI is InChI=1S/C21H20N4O3/c1-14-10-18(24-28-14)12-20(26)23-17-6-7-19-15(11-17)5-3-9-25(19)21(27)16-4-2-8-22-13-16/h2,4,6-8,10-11,13H,3,5,9,12H2,1H3,(H,23,26). The van der Waals surface area contributed by atoms with Gasteiger partial charge in [-0.3, -0.25) is 14.6 Å². The third kappa shape index (κ3) is 3.78. The highest BCUT2D eigenvalue weighted by Gasteiger charge is 2.24. The van der Waals surface area contributed by atoms with Gasteiger partial charge in [-0.1, -0.05) is 5.16 Å². The number of fused-ring (bicyclic) bond motifs is 1. The Morgan fingerprint density at radius 1 is 1.25 bits per heavy atom. The minimum absolute atomic E-state index is 0.0627. The summed E-state index contributed by atoms with van der Waals surface area (Å²) in [7, 11) is 0. The largest absolute Gasteiger partial charge is 0.361 e. The number of pyridine rings is 1. The number of carbonyl (C=O) groups excluding carboxylic acids is 2. The molecule has 0 unspecified atom stereocenters. The zero-order valence-electron chi connectivity index (χ0n) is 15.5. The summed E-state index contributed by atoms with van der Waals surface area (Å²) < 4.78 is 4.99. The van der Waals surface area contributed by atoms with E-state index in [9.17, 15) is 9.59 Å². The highest BCUT2D eigenvalue weighted by molar-refractivity contribution is 6.06. The Kier molecular flexibility index (Phi) is 4.89. The number of benzene rings is 1. The molecule has 0 radical (unpaired) electrons. The van der Waals surface area contributed by atoms with Gasteiger partial charge >= 0.3 is 0 Å². The number of hydrogen-bond acceptors (Lipinski definition) is 5. The summed E-state index contributed by atoms with van der Waals surface area (Å²) in [5.74, 6) is 0.453. The molecule has 2 aromatic heterocycles. The molecule has 3 aromatic rings. The van der Waals surface area contributed by atoms with E-state index in [1.807, 2.05) is 18.2 Å². The first-order valence-corrected chi connectivity index (χ1v) is 9.17. The van der Waals surface area contributed by atoms with Crippen LogP contribution in [0, 0.1) is 6.92 Å². The molecule has 0 aliphatic carbocycles. The summed E-state index contributed by atoms with van der Waals surface area (Å²) in [4.78, 5) is 30.9. The molecule has 0 atom stereocenters. The maximum atomic E-state index is 12.8. The molecule has 7 heteroatoms. The van der Waals surface area contributed by atoms with E-state index >= 15 is 0 Å². The van der Waals surface area contributed by atoms with Crippen molar-refractivity contribution in [2.75, 3.05) is 16.8 Å². The summed E-state index contributed by atoms with van der Waals surface area (Å²) in [6.45, 7) is 2.45. The highest BCUT2D eigenvalue weighted by Crippen LogP contribution is 2.30. The second-order valence-corrected chi connectivity index (χ2v) is 6.80.